The average molecular weight is 266 g/mol. The third-order valence-corrected chi connectivity index (χ3v) is 4.13. The summed E-state index contributed by atoms with van der Waals surface area (Å²) in [6, 6.07) is 7.15. The van der Waals surface area contributed by atoms with Gasteiger partial charge in [-0.2, -0.15) is 0 Å². The van der Waals surface area contributed by atoms with Gasteiger partial charge < -0.3 is 0 Å². The molecule has 0 amide bonds. The molecule has 1 aliphatic rings. The Morgan fingerprint density at radius 2 is 1.83 bits per heavy atom. The molecule has 3 heteroatoms. The monoisotopic (exact) mass is 265 g/mol. The lowest BCUT2D eigenvalue weighted by molar-refractivity contribution is 0.0779. The minimum atomic E-state index is -0.0290. The molecule has 1 aromatic rings. The van der Waals surface area contributed by atoms with Crippen molar-refractivity contribution in [2.24, 2.45) is 5.92 Å². The number of nitrogens with zero attached hydrogens (tertiary/aromatic N) is 1. The van der Waals surface area contributed by atoms with Gasteiger partial charge in [-0.05, 0) is 63.0 Å². The summed E-state index contributed by atoms with van der Waals surface area (Å²) in [7, 11) is 0. The molecule has 2 rings (SSSR count). The zero-order chi connectivity index (χ0) is 13.1. The number of likely N-dealkylation sites (tertiary alicyclic amines) is 1. The lowest BCUT2D eigenvalue weighted by Gasteiger charge is -2.34. The Kier molecular flexibility index (Phi) is 4.41. The van der Waals surface area contributed by atoms with Crippen LogP contribution in [-0.4, -0.2) is 29.8 Å². The molecule has 18 heavy (non-hydrogen) atoms. The highest BCUT2D eigenvalue weighted by Gasteiger charge is 2.25. The Morgan fingerprint density at radius 1 is 1.28 bits per heavy atom. The molecule has 0 N–H and O–H groups in total. The van der Waals surface area contributed by atoms with Gasteiger partial charge >= 0.3 is 0 Å². The minimum absolute atomic E-state index is 0.0290. The summed E-state index contributed by atoms with van der Waals surface area (Å²) >= 11 is 5.84. The Morgan fingerprint density at radius 3 is 2.39 bits per heavy atom. The van der Waals surface area contributed by atoms with E-state index in [-0.39, 0.29) is 11.8 Å². The van der Waals surface area contributed by atoms with Crippen molar-refractivity contribution in [2.45, 2.75) is 32.7 Å². The SMILES string of the molecule is CC1CCN(C(C)C(=O)c2ccc(Cl)cc2)CC1. The topological polar surface area (TPSA) is 20.3 Å². The van der Waals surface area contributed by atoms with E-state index in [0.717, 1.165) is 24.6 Å². The third kappa shape index (κ3) is 3.12. The standard InChI is InChI=1S/C15H20ClNO/c1-11-7-9-17(10-8-11)12(2)15(18)13-3-5-14(16)6-4-13/h3-6,11-12H,7-10H2,1-2H3. The summed E-state index contributed by atoms with van der Waals surface area (Å²) in [6.07, 6.45) is 2.39. The molecule has 0 saturated carbocycles. The minimum Gasteiger partial charge on any atom is -0.293 e. The van der Waals surface area contributed by atoms with Crippen LogP contribution in [0.3, 0.4) is 0 Å². The quantitative estimate of drug-likeness (QED) is 0.778. The molecule has 1 aliphatic heterocycles. The maximum Gasteiger partial charge on any atom is 0.179 e. The first-order chi connectivity index (χ1) is 8.58. The predicted molar refractivity (Wildman–Crippen MR) is 75.2 cm³/mol. The average Bonchev–Trinajstić information content (AvgIpc) is 2.39. The largest absolute Gasteiger partial charge is 0.293 e. The molecule has 1 aromatic carbocycles. The number of benzene rings is 1. The van der Waals surface area contributed by atoms with E-state index in [2.05, 4.69) is 11.8 Å². The van der Waals surface area contributed by atoms with Gasteiger partial charge in [-0.25, -0.2) is 0 Å². The van der Waals surface area contributed by atoms with Gasteiger partial charge in [-0.15, -0.1) is 0 Å². The number of ketones is 1. The fourth-order valence-electron chi connectivity index (χ4n) is 2.44. The molecule has 0 spiro atoms. The van der Waals surface area contributed by atoms with Crippen LogP contribution in [0.15, 0.2) is 24.3 Å². The molecule has 1 fully saturated rings. The van der Waals surface area contributed by atoms with Crippen LogP contribution in [0.25, 0.3) is 0 Å². The number of hydrogen-bond donors (Lipinski definition) is 0. The molecule has 0 bridgehead atoms. The molecule has 0 aromatic heterocycles. The van der Waals surface area contributed by atoms with E-state index in [1.165, 1.54) is 12.8 Å². The zero-order valence-corrected chi connectivity index (χ0v) is 11.8. The highest BCUT2D eigenvalue weighted by molar-refractivity contribution is 6.30. The van der Waals surface area contributed by atoms with Crippen LogP contribution in [0.2, 0.25) is 5.02 Å². The molecule has 1 atom stereocenters. The normalized spacial score (nSPS) is 19.7. The number of carbonyl (C=O) groups excluding carboxylic acids is 1. The Balaban J connectivity index is 2.02. The predicted octanol–water partition coefficient (Wildman–Crippen LogP) is 3.64. The van der Waals surface area contributed by atoms with Crippen molar-refractivity contribution in [1.82, 2.24) is 4.90 Å². The second-order valence-electron chi connectivity index (χ2n) is 5.27. The number of Topliss-reactive ketones (excluding diaryl/α,β-unsaturated/α-hetero) is 1. The van der Waals surface area contributed by atoms with Crippen LogP contribution in [0, 0.1) is 5.92 Å². The summed E-state index contributed by atoms with van der Waals surface area (Å²) in [6.45, 7) is 6.35. The summed E-state index contributed by atoms with van der Waals surface area (Å²) in [5.41, 5.74) is 0.755. The summed E-state index contributed by atoms with van der Waals surface area (Å²) in [5, 5.41) is 0.672. The van der Waals surface area contributed by atoms with Crippen LogP contribution in [0.5, 0.6) is 0 Å². The number of carbonyl (C=O) groups is 1. The summed E-state index contributed by atoms with van der Waals surface area (Å²) in [5.74, 6) is 0.986. The number of hydrogen-bond acceptors (Lipinski definition) is 2. The van der Waals surface area contributed by atoms with Crippen LogP contribution >= 0.6 is 11.6 Å². The van der Waals surface area contributed by atoms with Crippen molar-refractivity contribution in [3.8, 4) is 0 Å². The molecule has 0 radical (unpaired) electrons. The van der Waals surface area contributed by atoms with Crippen molar-refractivity contribution >= 4 is 17.4 Å². The lowest BCUT2D eigenvalue weighted by atomic mass is 9.96. The lowest BCUT2D eigenvalue weighted by Crippen LogP contribution is -2.43. The van der Waals surface area contributed by atoms with E-state index in [0.29, 0.717) is 5.02 Å². The van der Waals surface area contributed by atoms with E-state index in [4.69, 9.17) is 11.6 Å². The van der Waals surface area contributed by atoms with Gasteiger partial charge in [-0.1, -0.05) is 18.5 Å². The van der Waals surface area contributed by atoms with Crippen molar-refractivity contribution in [1.29, 1.82) is 0 Å². The summed E-state index contributed by atoms with van der Waals surface area (Å²) in [4.78, 5) is 14.6. The first kappa shape index (κ1) is 13.6. The van der Waals surface area contributed by atoms with Crippen molar-refractivity contribution in [3.63, 3.8) is 0 Å². The number of halogens is 1. The van der Waals surface area contributed by atoms with Gasteiger partial charge in [0.15, 0.2) is 5.78 Å². The second kappa shape index (κ2) is 5.85. The van der Waals surface area contributed by atoms with Gasteiger partial charge in [0.1, 0.15) is 0 Å². The van der Waals surface area contributed by atoms with Crippen LogP contribution in [-0.2, 0) is 0 Å². The maximum atomic E-state index is 12.4. The van der Waals surface area contributed by atoms with E-state index in [1.54, 1.807) is 12.1 Å². The number of rotatable bonds is 3. The highest BCUT2D eigenvalue weighted by Crippen LogP contribution is 2.20. The van der Waals surface area contributed by atoms with E-state index in [1.807, 2.05) is 19.1 Å². The molecule has 1 saturated heterocycles. The first-order valence-corrected chi connectivity index (χ1v) is 6.99. The molecule has 98 valence electrons. The first-order valence-electron chi connectivity index (χ1n) is 6.62. The van der Waals surface area contributed by atoms with Gasteiger partial charge in [0, 0.05) is 10.6 Å². The van der Waals surface area contributed by atoms with Crippen molar-refractivity contribution in [2.75, 3.05) is 13.1 Å². The Bertz CT molecular complexity index is 407. The third-order valence-electron chi connectivity index (χ3n) is 3.87. The molecular formula is C15H20ClNO. The van der Waals surface area contributed by atoms with Gasteiger partial charge in [-0.3, -0.25) is 9.69 Å². The van der Waals surface area contributed by atoms with Gasteiger partial charge in [0.05, 0.1) is 6.04 Å². The maximum absolute atomic E-state index is 12.4. The fourth-order valence-corrected chi connectivity index (χ4v) is 2.56. The second-order valence-corrected chi connectivity index (χ2v) is 5.70. The molecule has 1 unspecified atom stereocenters. The summed E-state index contributed by atoms with van der Waals surface area (Å²) < 4.78 is 0. The van der Waals surface area contributed by atoms with Crippen molar-refractivity contribution < 1.29 is 4.79 Å². The highest BCUT2D eigenvalue weighted by atomic mass is 35.5. The van der Waals surface area contributed by atoms with Crippen molar-refractivity contribution in [3.05, 3.63) is 34.9 Å². The molecular weight excluding hydrogens is 246 g/mol. The van der Waals surface area contributed by atoms with Gasteiger partial charge in [0.2, 0.25) is 0 Å². The van der Waals surface area contributed by atoms with Crippen LogP contribution in [0.4, 0.5) is 0 Å². The van der Waals surface area contributed by atoms with Crippen LogP contribution < -0.4 is 0 Å². The number of piperidine rings is 1. The Labute approximate surface area is 114 Å². The molecule has 2 nitrogen and oxygen atoms in total. The zero-order valence-electron chi connectivity index (χ0n) is 11.0. The molecule has 1 heterocycles. The van der Waals surface area contributed by atoms with E-state index in [9.17, 15) is 4.79 Å². The van der Waals surface area contributed by atoms with E-state index < -0.39 is 0 Å². The fraction of sp³-hybridized carbons (Fsp3) is 0.533. The smallest absolute Gasteiger partial charge is 0.179 e. The van der Waals surface area contributed by atoms with E-state index >= 15 is 0 Å². The Hall–Kier alpha value is -0.860. The molecule has 0 aliphatic carbocycles. The van der Waals surface area contributed by atoms with Crippen LogP contribution in [0.1, 0.15) is 37.0 Å². The van der Waals surface area contributed by atoms with Gasteiger partial charge in [0.25, 0.3) is 0 Å².